The van der Waals surface area contributed by atoms with Crippen molar-refractivity contribution in [2.45, 2.75) is 46.1 Å². The summed E-state index contributed by atoms with van der Waals surface area (Å²) in [5.74, 6) is -0.223. The van der Waals surface area contributed by atoms with Crippen LogP contribution in [0.25, 0.3) is 0 Å². The Kier molecular flexibility index (Phi) is 3.72. The first-order valence-electron chi connectivity index (χ1n) is 6.94. The van der Waals surface area contributed by atoms with Crippen molar-refractivity contribution in [3.8, 4) is 0 Å². The lowest BCUT2D eigenvalue weighted by Crippen LogP contribution is -2.44. The Hall–Kier alpha value is -0.930. The van der Waals surface area contributed by atoms with Gasteiger partial charge >= 0.3 is 0 Å². The van der Waals surface area contributed by atoms with E-state index in [1.54, 1.807) is 12.1 Å². The topological polar surface area (TPSA) is 46.2 Å². The Balaban J connectivity index is 2.32. The highest BCUT2D eigenvalue weighted by molar-refractivity contribution is 5.28. The largest absolute Gasteiger partial charge is 0.392 e. The van der Waals surface area contributed by atoms with Crippen LogP contribution in [0.1, 0.15) is 37.8 Å². The number of halogens is 1. The van der Waals surface area contributed by atoms with Gasteiger partial charge in [0, 0.05) is 12.0 Å². The van der Waals surface area contributed by atoms with Crippen LogP contribution in [-0.4, -0.2) is 17.8 Å². The van der Waals surface area contributed by atoms with Gasteiger partial charge in [-0.25, -0.2) is 4.39 Å². The van der Waals surface area contributed by atoms with Crippen LogP contribution < -0.4 is 5.73 Å². The molecule has 1 aliphatic carbocycles. The Labute approximate surface area is 114 Å². The summed E-state index contributed by atoms with van der Waals surface area (Å²) in [5, 5.41) is 10.6. The maximum Gasteiger partial charge on any atom is 0.123 e. The van der Waals surface area contributed by atoms with Crippen molar-refractivity contribution in [1.29, 1.82) is 0 Å². The molecule has 0 heterocycles. The normalized spacial score (nSPS) is 29.7. The van der Waals surface area contributed by atoms with E-state index in [0.29, 0.717) is 13.0 Å². The minimum absolute atomic E-state index is 0.111. The molecule has 0 amide bonds. The standard InChI is InChI=1S/C16H24FNO/c1-11-4-5-13(17)8-12(11)9-16(10-18)7-6-15(2,3)14(16)19/h4-5,8,14,19H,6-7,9-10,18H2,1-3H3. The molecule has 0 aromatic heterocycles. The lowest BCUT2D eigenvalue weighted by atomic mass is 9.74. The summed E-state index contributed by atoms with van der Waals surface area (Å²) in [6.07, 6.45) is 2.07. The maximum absolute atomic E-state index is 13.4. The first-order chi connectivity index (χ1) is 8.81. The molecule has 1 aromatic rings. The van der Waals surface area contributed by atoms with Crippen molar-refractivity contribution in [3.05, 3.63) is 35.1 Å². The first kappa shape index (κ1) is 14.5. The lowest BCUT2D eigenvalue weighted by molar-refractivity contribution is -0.00472. The van der Waals surface area contributed by atoms with Crippen LogP contribution >= 0.6 is 0 Å². The third-order valence-electron chi connectivity index (χ3n) is 4.85. The Morgan fingerprint density at radius 1 is 1.37 bits per heavy atom. The minimum atomic E-state index is -0.437. The molecule has 2 nitrogen and oxygen atoms in total. The van der Waals surface area contributed by atoms with Crippen LogP contribution in [0.15, 0.2) is 18.2 Å². The molecule has 1 fully saturated rings. The molecule has 0 bridgehead atoms. The van der Waals surface area contributed by atoms with Gasteiger partial charge in [-0.1, -0.05) is 19.9 Å². The number of benzene rings is 1. The molecule has 1 aromatic carbocycles. The highest BCUT2D eigenvalue weighted by Crippen LogP contribution is 2.50. The minimum Gasteiger partial charge on any atom is -0.392 e. The molecule has 0 aliphatic heterocycles. The summed E-state index contributed by atoms with van der Waals surface area (Å²) in [7, 11) is 0. The fourth-order valence-corrected chi connectivity index (χ4v) is 3.35. The summed E-state index contributed by atoms with van der Waals surface area (Å²) in [5.41, 5.74) is 7.56. The zero-order valence-corrected chi connectivity index (χ0v) is 12.0. The van der Waals surface area contributed by atoms with Crippen LogP contribution in [0.3, 0.4) is 0 Å². The summed E-state index contributed by atoms with van der Waals surface area (Å²) < 4.78 is 13.4. The smallest absolute Gasteiger partial charge is 0.123 e. The van der Waals surface area contributed by atoms with Crippen molar-refractivity contribution < 1.29 is 9.50 Å². The second-order valence-corrected chi connectivity index (χ2v) is 6.71. The van der Waals surface area contributed by atoms with Crippen LogP contribution in [0.2, 0.25) is 0 Å². The molecule has 0 saturated heterocycles. The van der Waals surface area contributed by atoms with E-state index in [1.165, 1.54) is 6.07 Å². The van der Waals surface area contributed by atoms with E-state index in [-0.39, 0.29) is 16.6 Å². The summed E-state index contributed by atoms with van der Waals surface area (Å²) in [6, 6.07) is 4.84. The molecule has 3 heteroatoms. The third kappa shape index (κ3) is 2.54. The molecule has 0 spiro atoms. The third-order valence-corrected chi connectivity index (χ3v) is 4.85. The van der Waals surface area contributed by atoms with E-state index >= 15 is 0 Å². The van der Waals surface area contributed by atoms with Gasteiger partial charge in [-0.3, -0.25) is 0 Å². The zero-order valence-electron chi connectivity index (χ0n) is 12.0. The van der Waals surface area contributed by atoms with Crippen LogP contribution in [0.5, 0.6) is 0 Å². The van der Waals surface area contributed by atoms with Crippen LogP contribution in [0, 0.1) is 23.6 Å². The SMILES string of the molecule is Cc1ccc(F)cc1CC1(CN)CCC(C)(C)C1O. The van der Waals surface area contributed by atoms with Crippen molar-refractivity contribution in [2.24, 2.45) is 16.6 Å². The first-order valence-corrected chi connectivity index (χ1v) is 6.94. The quantitative estimate of drug-likeness (QED) is 0.882. The molecular formula is C16H24FNO. The van der Waals surface area contributed by atoms with Gasteiger partial charge in [-0.05, 0) is 54.9 Å². The van der Waals surface area contributed by atoms with Gasteiger partial charge in [0.25, 0.3) is 0 Å². The maximum atomic E-state index is 13.4. The summed E-state index contributed by atoms with van der Waals surface area (Å²) in [6.45, 7) is 6.57. The average molecular weight is 265 g/mol. The number of aliphatic hydroxyl groups is 1. The lowest BCUT2D eigenvalue weighted by Gasteiger charge is -2.36. The Morgan fingerprint density at radius 2 is 2.05 bits per heavy atom. The van der Waals surface area contributed by atoms with Gasteiger partial charge in [0.1, 0.15) is 5.82 Å². The van der Waals surface area contributed by atoms with Crippen molar-refractivity contribution in [1.82, 2.24) is 0 Å². The zero-order chi connectivity index (χ0) is 14.3. The number of aryl methyl sites for hydroxylation is 1. The molecule has 2 unspecified atom stereocenters. The van der Waals surface area contributed by atoms with Gasteiger partial charge in [-0.15, -0.1) is 0 Å². The van der Waals surface area contributed by atoms with E-state index in [4.69, 9.17) is 5.73 Å². The number of nitrogens with two attached hydrogens (primary N) is 1. The second-order valence-electron chi connectivity index (χ2n) is 6.71. The second kappa shape index (κ2) is 4.88. The molecular weight excluding hydrogens is 241 g/mol. The fourth-order valence-electron chi connectivity index (χ4n) is 3.35. The molecule has 106 valence electrons. The molecule has 2 rings (SSSR count). The molecule has 1 saturated carbocycles. The molecule has 0 radical (unpaired) electrons. The molecule has 3 N–H and O–H groups in total. The van der Waals surface area contributed by atoms with Gasteiger partial charge in [-0.2, -0.15) is 0 Å². The van der Waals surface area contributed by atoms with Crippen molar-refractivity contribution in [3.63, 3.8) is 0 Å². The summed E-state index contributed by atoms with van der Waals surface area (Å²) >= 11 is 0. The Morgan fingerprint density at radius 3 is 2.58 bits per heavy atom. The van der Waals surface area contributed by atoms with E-state index in [2.05, 4.69) is 13.8 Å². The van der Waals surface area contributed by atoms with Crippen LogP contribution in [-0.2, 0) is 6.42 Å². The van der Waals surface area contributed by atoms with Gasteiger partial charge in [0.15, 0.2) is 0 Å². The number of hydrogen-bond acceptors (Lipinski definition) is 2. The fraction of sp³-hybridized carbons (Fsp3) is 0.625. The predicted molar refractivity (Wildman–Crippen MR) is 75.4 cm³/mol. The van der Waals surface area contributed by atoms with E-state index < -0.39 is 6.10 Å². The van der Waals surface area contributed by atoms with Gasteiger partial charge < -0.3 is 10.8 Å². The number of hydrogen-bond donors (Lipinski definition) is 2. The van der Waals surface area contributed by atoms with E-state index in [1.807, 2.05) is 6.92 Å². The van der Waals surface area contributed by atoms with E-state index in [9.17, 15) is 9.50 Å². The predicted octanol–water partition coefficient (Wildman–Crippen LogP) is 2.80. The van der Waals surface area contributed by atoms with Gasteiger partial charge in [0.05, 0.1) is 6.10 Å². The van der Waals surface area contributed by atoms with E-state index in [0.717, 1.165) is 24.0 Å². The molecule has 1 aliphatic rings. The highest BCUT2D eigenvalue weighted by Gasteiger charge is 2.50. The van der Waals surface area contributed by atoms with Crippen molar-refractivity contribution in [2.75, 3.05) is 6.54 Å². The van der Waals surface area contributed by atoms with Gasteiger partial charge in [0.2, 0.25) is 0 Å². The molecule has 19 heavy (non-hydrogen) atoms. The van der Waals surface area contributed by atoms with Crippen molar-refractivity contribution >= 4 is 0 Å². The molecule has 2 atom stereocenters. The summed E-state index contributed by atoms with van der Waals surface area (Å²) in [4.78, 5) is 0. The Bertz CT molecular complexity index is 472. The number of aliphatic hydroxyl groups excluding tert-OH is 1. The highest BCUT2D eigenvalue weighted by atomic mass is 19.1. The monoisotopic (exact) mass is 265 g/mol. The van der Waals surface area contributed by atoms with Crippen LogP contribution in [0.4, 0.5) is 4.39 Å². The average Bonchev–Trinajstić information content (AvgIpc) is 2.59. The number of rotatable bonds is 3.